The second-order valence-electron chi connectivity index (χ2n) is 6.84. The third-order valence-electron chi connectivity index (χ3n) is 4.12. The van der Waals surface area contributed by atoms with E-state index in [1.165, 1.54) is 12.0 Å². The van der Waals surface area contributed by atoms with Gasteiger partial charge in [-0.1, -0.05) is 31.9 Å². The van der Waals surface area contributed by atoms with Crippen LogP contribution in [0.3, 0.4) is 0 Å². The Morgan fingerprint density at radius 3 is 2.95 bits per heavy atom. The summed E-state index contributed by atoms with van der Waals surface area (Å²) in [5.74, 6) is 1.54. The minimum absolute atomic E-state index is 0.192. The second-order valence-corrected chi connectivity index (χ2v) is 6.84. The largest absolute Gasteiger partial charge is 0.491 e. The van der Waals surface area contributed by atoms with E-state index >= 15 is 0 Å². The maximum Gasteiger partial charge on any atom is 0.120 e. The van der Waals surface area contributed by atoms with Gasteiger partial charge in [-0.3, -0.25) is 0 Å². The zero-order valence-electron chi connectivity index (χ0n) is 13.6. The van der Waals surface area contributed by atoms with Crippen molar-refractivity contribution in [2.45, 2.75) is 64.7 Å². The van der Waals surface area contributed by atoms with Gasteiger partial charge in [-0.25, -0.2) is 0 Å². The SMILES string of the molecule is CC1CCCC(O)(CNCc2cccc(OC(C)C)c2)C1. The summed E-state index contributed by atoms with van der Waals surface area (Å²) in [4.78, 5) is 0. The van der Waals surface area contributed by atoms with Crippen molar-refractivity contribution >= 4 is 0 Å². The van der Waals surface area contributed by atoms with Gasteiger partial charge in [-0.15, -0.1) is 0 Å². The number of ether oxygens (including phenoxy) is 1. The van der Waals surface area contributed by atoms with Crippen LogP contribution in [0.1, 0.15) is 52.0 Å². The fourth-order valence-electron chi connectivity index (χ4n) is 3.23. The molecular formula is C18H29NO2. The first kappa shape index (κ1) is 16.3. The van der Waals surface area contributed by atoms with Crippen LogP contribution >= 0.6 is 0 Å². The first-order valence-electron chi connectivity index (χ1n) is 8.15. The Labute approximate surface area is 128 Å². The molecule has 2 unspecified atom stereocenters. The highest BCUT2D eigenvalue weighted by molar-refractivity contribution is 5.28. The zero-order valence-corrected chi connectivity index (χ0v) is 13.6. The second kappa shape index (κ2) is 7.28. The predicted octanol–water partition coefficient (Wildman–Crippen LogP) is 3.50. The van der Waals surface area contributed by atoms with Crippen molar-refractivity contribution in [1.82, 2.24) is 5.32 Å². The molecular weight excluding hydrogens is 262 g/mol. The van der Waals surface area contributed by atoms with Crippen LogP contribution in [0.2, 0.25) is 0 Å². The average Bonchev–Trinajstić information content (AvgIpc) is 2.37. The van der Waals surface area contributed by atoms with Crippen LogP contribution < -0.4 is 10.1 Å². The molecule has 0 amide bonds. The van der Waals surface area contributed by atoms with Crippen molar-refractivity contribution in [2.75, 3.05) is 6.54 Å². The van der Waals surface area contributed by atoms with Gasteiger partial charge in [0.15, 0.2) is 0 Å². The Morgan fingerprint density at radius 1 is 1.43 bits per heavy atom. The topological polar surface area (TPSA) is 41.5 Å². The number of nitrogens with one attached hydrogen (secondary N) is 1. The quantitative estimate of drug-likeness (QED) is 0.843. The van der Waals surface area contributed by atoms with E-state index in [1.807, 2.05) is 26.0 Å². The Balaban J connectivity index is 1.83. The van der Waals surface area contributed by atoms with E-state index in [9.17, 15) is 5.11 Å². The van der Waals surface area contributed by atoms with Crippen LogP contribution in [-0.2, 0) is 6.54 Å². The molecule has 2 N–H and O–H groups in total. The third-order valence-corrected chi connectivity index (χ3v) is 4.12. The molecule has 0 radical (unpaired) electrons. The van der Waals surface area contributed by atoms with E-state index in [2.05, 4.69) is 24.4 Å². The fourth-order valence-corrected chi connectivity index (χ4v) is 3.23. The molecule has 2 atom stereocenters. The van der Waals surface area contributed by atoms with Gasteiger partial charge in [0.05, 0.1) is 11.7 Å². The molecule has 1 aliphatic carbocycles. The van der Waals surface area contributed by atoms with Crippen molar-refractivity contribution < 1.29 is 9.84 Å². The predicted molar refractivity (Wildman–Crippen MR) is 86.5 cm³/mol. The zero-order chi connectivity index (χ0) is 15.3. The first-order chi connectivity index (χ1) is 9.97. The summed E-state index contributed by atoms with van der Waals surface area (Å²) in [5, 5.41) is 14.0. The normalized spacial score (nSPS) is 26.0. The lowest BCUT2D eigenvalue weighted by Crippen LogP contribution is -2.43. The lowest BCUT2D eigenvalue weighted by molar-refractivity contribution is -0.0119. The molecule has 0 aromatic heterocycles. The summed E-state index contributed by atoms with van der Waals surface area (Å²) < 4.78 is 5.71. The molecule has 0 spiro atoms. The van der Waals surface area contributed by atoms with Crippen molar-refractivity contribution in [3.8, 4) is 5.75 Å². The highest BCUT2D eigenvalue weighted by Gasteiger charge is 2.31. The van der Waals surface area contributed by atoms with Gasteiger partial charge in [-0.05, 0) is 50.3 Å². The van der Waals surface area contributed by atoms with Gasteiger partial charge in [0.25, 0.3) is 0 Å². The van der Waals surface area contributed by atoms with Gasteiger partial charge >= 0.3 is 0 Å². The van der Waals surface area contributed by atoms with Gasteiger partial charge in [0.2, 0.25) is 0 Å². The van der Waals surface area contributed by atoms with Gasteiger partial charge < -0.3 is 15.2 Å². The van der Waals surface area contributed by atoms with Crippen LogP contribution in [0.25, 0.3) is 0 Å². The summed E-state index contributed by atoms with van der Waals surface area (Å²) in [6.07, 6.45) is 4.41. The van der Waals surface area contributed by atoms with Gasteiger partial charge in [0, 0.05) is 13.1 Å². The van der Waals surface area contributed by atoms with E-state index in [1.54, 1.807) is 0 Å². The lowest BCUT2D eigenvalue weighted by atomic mass is 9.79. The van der Waals surface area contributed by atoms with E-state index in [0.717, 1.165) is 31.6 Å². The number of hydrogen-bond acceptors (Lipinski definition) is 3. The molecule has 0 heterocycles. The van der Waals surface area contributed by atoms with E-state index < -0.39 is 5.60 Å². The number of aliphatic hydroxyl groups is 1. The molecule has 0 aliphatic heterocycles. The molecule has 118 valence electrons. The smallest absolute Gasteiger partial charge is 0.120 e. The molecule has 1 aromatic rings. The summed E-state index contributed by atoms with van der Waals surface area (Å²) >= 11 is 0. The van der Waals surface area contributed by atoms with Crippen molar-refractivity contribution in [2.24, 2.45) is 5.92 Å². The average molecular weight is 291 g/mol. The number of rotatable bonds is 6. The van der Waals surface area contributed by atoms with Gasteiger partial charge in [-0.2, -0.15) is 0 Å². The monoisotopic (exact) mass is 291 g/mol. The van der Waals surface area contributed by atoms with E-state index in [0.29, 0.717) is 12.5 Å². The highest BCUT2D eigenvalue weighted by atomic mass is 16.5. The minimum Gasteiger partial charge on any atom is -0.491 e. The van der Waals surface area contributed by atoms with Crippen LogP contribution in [0.5, 0.6) is 5.75 Å². The molecule has 0 saturated heterocycles. The van der Waals surface area contributed by atoms with Crippen LogP contribution in [0.15, 0.2) is 24.3 Å². The van der Waals surface area contributed by atoms with E-state index in [-0.39, 0.29) is 6.10 Å². The summed E-state index contributed by atoms with van der Waals surface area (Å²) in [5.41, 5.74) is 0.671. The Hall–Kier alpha value is -1.06. The van der Waals surface area contributed by atoms with Crippen molar-refractivity contribution in [3.63, 3.8) is 0 Å². The number of hydrogen-bond donors (Lipinski definition) is 2. The Bertz CT molecular complexity index is 447. The summed E-state index contributed by atoms with van der Waals surface area (Å²) in [6, 6.07) is 8.17. The molecule has 1 fully saturated rings. The maximum atomic E-state index is 10.6. The van der Waals surface area contributed by atoms with Gasteiger partial charge in [0.1, 0.15) is 5.75 Å². The van der Waals surface area contributed by atoms with Crippen LogP contribution in [0.4, 0.5) is 0 Å². The minimum atomic E-state index is -0.524. The highest BCUT2D eigenvalue weighted by Crippen LogP contribution is 2.31. The standard InChI is InChI=1S/C18H29NO2/c1-14(2)21-17-8-4-7-16(10-17)12-19-13-18(20)9-5-6-15(3)11-18/h4,7-8,10,14-15,19-20H,5-6,9,11-13H2,1-3H3. The molecule has 2 rings (SSSR count). The molecule has 1 aromatic carbocycles. The molecule has 0 bridgehead atoms. The molecule has 3 heteroatoms. The van der Waals surface area contributed by atoms with Crippen molar-refractivity contribution in [3.05, 3.63) is 29.8 Å². The molecule has 1 aliphatic rings. The number of benzene rings is 1. The fraction of sp³-hybridized carbons (Fsp3) is 0.667. The van der Waals surface area contributed by atoms with Crippen LogP contribution in [0, 0.1) is 5.92 Å². The summed E-state index contributed by atoms with van der Waals surface area (Å²) in [6.45, 7) is 7.74. The van der Waals surface area contributed by atoms with Crippen LogP contribution in [-0.4, -0.2) is 23.4 Å². The maximum absolute atomic E-state index is 10.6. The Kier molecular flexibility index (Phi) is 5.65. The van der Waals surface area contributed by atoms with E-state index in [4.69, 9.17) is 4.74 Å². The molecule has 3 nitrogen and oxygen atoms in total. The first-order valence-corrected chi connectivity index (χ1v) is 8.15. The molecule has 1 saturated carbocycles. The Morgan fingerprint density at radius 2 is 2.24 bits per heavy atom. The third kappa shape index (κ3) is 5.33. The van der Waals surface area contributed by atoms with Crippen molar-refractivity contribution in [1.29, 1.82) is 0 Å². The lowest BCUT2D eigenvalue weighted by Gasteiger charge is -2.35. The summed E-state index contributed by atoms with van der Waals surface area (Å²) in [7, 11) is 0. The molecule has 21 heavy (non-hydrogen) atoms.